The molecule has 0 spiro atoms. The number of benzene rings is 17. The van der Waals surface area contributed by atoms with Crippen LogP contribution >= 0.6 is 0 Å². The van der Waals surface area contributed by atoms with Gasteiger partial charge in [0.25, 0.3) is 0 Å². The summed E-state index contributed by atoms with van der Waals surface area (Å²) in [5.41, 5.74) is 32.5. The normalized spacial score (nSPS) is 12.4. The molecule has 4 aromatic heterocycles. The molecule has 0 atom stereocenters. The van der Waals surface area contributed by atoms with Crippen molar-refractivity contribution in [2.24, 2.45) is 0 Å². The molecule has 2 nitrogen and oxygen atoms in total. The molecular formula is C105H70N2Se2. The van der Waals surface area contributed by atoms with Crippen molar-refractivity contribution < 1.29 is 0 Å². The van der Waals surface area contributed by atoms with Gasteiger partial charge in [-0.25, -0.2) is 0 Å². The third kappa shape index (κ3) is 11.1. The molecule has 0 radical (unpaired) electrons. The molecule has 4 heteroatoms. The van der Waals surface area contributed by atoms with E-state index in [4.69, 9.17) is 0 Å². The van der Waals surface area contributed by atoms with E-state index in [0.717, 1.165) is 5.69 Å². The molecule has 22 rings (SSSR count). The molecule has 0 fully saturated rings. The molecule has 0 N–H and O–H groups in total. The molecule has 1 aliphatic rings. The van der Waals surface area contributed by atoms with E-state index in [-0.39, 0.29) is 34.4 Å². The fraction of sp³-hybridized carbons (Fsp3) is 0.0286. The van der Waals surface area contributed by atoms with Crippen molar-refractivity contribution in [3.63, 3.8) is 0 Å². The second-order valence-corrected chi connectivity index (χ2v) is 33.9. The zero-order chi connectivity index (χ0) is 72.3. The van der Waals surface area contributed by atoms with Gasteiger partial charge in [-0.1, -0.05) is 42.5 Å². The monoisotopic (exact) mass is 1520 g/mol. The first-order chi connectivity index (χ1) is 53.8. The third-order valence-corrected chi connectivity index (χ3v) is 27.9. The Morgan fingerprint density at radius 1 is 0.193 bits per heavy atom. The van der Waals surface area contributed by atoms with E-state index in [2.05, 4.69) is 411 Å². The summed E-state index contributed by atoms with van der Waals surface area (Å²) < 4.78 is 10.7. The number of nitrogens with zero attached hydrogens (tertiary/aromatic N) is 2. The van der Waals surface area contributed by atoms with Crippen molar-refractivity contribution in [3.05, 3.63) is 399 Å². The maximum absolute atomic E-state index is 2.46. The van der Waals surface area contributed by atoms with Crippen LogP contribution in [0.1, 0.15) is 25.0 Å². The van der Waals surface area contributed by atoms with Crippen LogP contribution in [0.15, 0.2) is 388 Å². The van der Waals surface area contributed by atoms with Gasteiger partial charge in [0.2, 0.25) is 0 Å². The van der Waals surface area contributed by atoms with Crippen LogP contribution in [0.4, 0.5) is 0 Å². The SMILES string of the molecule is CC1(C)c2ccccc2-c2ccc(-c3cc(-c4ccc5c6ccccc6n(-c6ccccc6)c5c4)cc(-c4cccc5c4[se]c4ccccc45)c3)cc21.c1ccc(-c2cccc(-c3cc(-c4ccc5c6ccccc6n(-c6cccc(-c7ccccc7)c6)c5c4)cc(-c4cccc5c4[se]c4ccccc45)c3)c2)cc1. The fourth-order valence-corrected chi connectivity index (χ4v) is 22.7. The van der Waals surface area contributed by atoms with Gasteiger partial charge in [-0.05, 0) is 5.56 Å². The van der Waals surface area contributed by atoms with E-state index in [1.807, 2.05) is 0 Å². The van der Waals surface area contributed by atoms with Gasteiger partial charge in [0, 0.05) is 0 Å². The summed E-state index contributed by atoms with van der Waals surface area (Å²) in [7, 11) is 0. The van der Waals surface area contributed by atoms with Crippen LogP contribution in [0.2, 0.25) is 0 Å². The minimum absolute atomic E-state index is 0.0627. The summed E-state index contributed by atoms with van der Waals surface area (Å²) in [4.78, 5) is 0. The average Bonchev–Trinajstić information content (AvgIpc) is 1.62. The van der Waals surface area contributed by atoms with Crippen molar-refractivity contribution in [1.29, 1.82) is 0 Å². The Hall–Kier alpha value is -12.6. The topological polar surface area (TPSA) is 9.86 Å². The van der Waals surface area contributed by atoms with Crippen molar-refractivity contribution in [2.75, 3.05) is 0 Å². The van der Waals surface area contributed by atoms with Gasteiger partial charge in [-0.3, -0.25) is 0 Å². The van der Waals surface area contributed by atoms with Gasteiger partial charge < -0.3 is 0 Å². The first-order valence-electron chi connectivity index (χ1n) is 37.6. The van der Waals surface area contributed by atoms with Gasteiger partial charge in [0.1, 0.15) is 0 Å². The van der Waals surface area contributed by atoms with Gasteiger partial charge >= 0.3 is 602 Å². The Labute approximate surface area is 645 Å². The fourth-order valence-electron chi connectivity index (χ4n) is 17.5. The van der Waals surface area contributed by atoms with Gasteiger partial charge in [0.05, 0.1) is 0 Å². The third-order valence-electron chi connectivity index (χ3n) is 22.8. The Morgan fingerprint density at radius 2 is 0.532 bits per heavy atom. The maximum atomic E-state index is 2.46. The Morgan fingerprint density at radius 3 is 1.08 bits per heavy atom. The summed E-state index contributed by atoms with van der Waals surface area (Å²) in [6, 6.07) is 144. The molecule has 512 valence electrons. The molecule has 0 saturated carbocycles. The first-order valence-corrected chi connectivity index (χ1v) is 41.0. The molecule has 0 amide bonds. The van der Waals surface area contributed by atoms with Crippen LogP contribution in [-0.2, 0) is 5.41 Å². The molecule has 0 bridgehead atoms. The summed E-state index contributed by atoms with van der Waals surface area (Å²) >= 11 is 0.484. The van der Waals surface area contributed by atoms with Crippen LogP contribution in [0, 0.1) is 0 Å². The van der Waals surface area contributed by atoms with E-state index in [0.29, 0.717) is 0 Å². The second kappa shape index (κ2) is 26.4. The first kappa shape index (κ1) is 64.7. The van der Waals surface area contributed by atoms with Crippen molar-refractivity contribution in [1.82, 2.24) is 9.13 Å². The van der Waals surface area contributed by atoms with E-state index in [1.165, 1.54) is 199 Å². The summed E-state index contributed by atoms with van der Waals surface area (Å²) in [5, 5.41) is 10.6. The molecule has 0 saturated heterocycles. The summed E-state index contributed by atoms with van der Waals surface area (Å²) in [5.74, 6) is 0. The molecular weight excluding hydrogens is 1450 g/mol. The number of rotatable bonds is 10. The van der Waals surface area contributed by atoms with Crippen LogP contribution in [0.25, 0.3) is 194 Å². The zero-order valence-electron chi connectivity index (χ0n) is 60.2. The summed E-state index contributed by atoms with van der Waals surface area (Å²) in [6.45, 7) is 4.74. The number of hydrogen-bond donors (Lipinski definition) is 0. The molecule has 0 unspecified atom stereocenters. The number of hydrogen-bond acceptors (Lipinski definition) is 0. The van der Waals surface area contributed by atoms with Gasteiger partial charge in [-0.15, -0.1) is 0 Å². The Bertz CT molecular complexity index is 7190. The van der Waals surface area contributed by atoms with Crippen LogP contribution < -0.4 is 0 Å². The van der Waals surface area contributed by atoms with Gasteiger partial charge in [0.15, 0.2) is 0 Å². The number of para-hydroxylation sites is 3. The summed E-state index contributed by atoms with van der Waals surface area (Å²) in [6.07, 6.45) is 0. The minimum atomic E-state index is -0.0627. The predicted molar refractivity (Wildman–Crippen MR) is 467 cm³/mol. The molecule has 21 aromatic rings. The van der Waals surface area contributed by atoms with Crippen LogP contribution in [0.5, 0.6) is 0 Å². The van der Waals surface area contributed by atoms with Gasteiger partial charge in [-0.2, -0.15) is 0 Å². The number of fused-ring (bicyclic) bond motifs is 15. The standard InChI is InChI=1S/C54H35NSe.C51H35NSe/c1-3-14-36(15-4-1)38-18-11-19-39(30-38)42-31-43(33-44(32-42)46-24-13-25-50-49-23-8-10-27-53(49)56-54(46)50)41-28-29-48-47-22-7-9-26-51(47)55(52(48)35-41)45-21-12-20-40(34-45)37-16-5-2-6-17-37;1-51(2)45-20-9-6-15-39(45)40-25-23-32(30-46(40)51)34-27-35(29-36(28-34)38-18-12-19-44-43-17-8-11-22-49(43)53-50(38)44)33-24-26-42-41-16-7-10-21-47(41)52(48(42)31-33)37-13-4-3-5-14-37/h1-35H;3-31H,1-2H3. The van der Waals surface area contributed by atoms with Crippen molar-refractivity contribution in [2.45, 2.75) is 19.3 Å². The average molecular weight is 1520 g/mol. The van der Waals surface area contributed by atoms with Crippen molar-refractivity contribution in [3.8, 4) is 112 Å². The van der Waals surface area contributed by atoms with E-state index >= 15 is 0 Å². The van der Waals surface area contributed by atoms with E-state index < -0.39 is 0 Å². The molecule has 0 aliphatic heterocycles. The Balaban J connectivity index is 0.000000139. The molecule has 1 aliphatic carbocycles. The quantitative estimate of drug-likeness (QED) is 0.121. The molecule has 17 aromatic carbocycles. The van der Waals surface area contributed by atoms with Crippen molar-refractivity contribution >= 4 is 111 Å². The van der Waals surface area contributed by atoms with Crippen LogP contribution in [0.3, 0.4) is 0 Å². The number of aromatic nitrogens is 2. The molecule has 4 heterocycles. The second-order valence-electron chi connectivity index (χ2n) is 29.5. The molecule has 109 heavy (non-hydrogen) atoms. The predicted octanol–water partition coefficient (Wildman–Crippen LogP) is 27.9. The zero-order valence-corrected chi connectivity index (χ0v) is 63.6. The van der Waals surface area contributed by atoms with Crippen LogP contribution in [-0.4, -0.2) is 38.1 Å². The van der Waals surface area contributed by atoms with E-state index in [1.54, 1.807) is 0 Å². The van der Waals surface area contributed by atoms with E-state index in [9.17, 15) is 0 Å². The Kier molecular flexibility index (Phi) is 15.7.